The number of methoxy groups -OCH3 is 1. The van der Waals surface area contributed by atoms with Crippen LogP contribution in [-0.2, 0) is 12.5 Å². The molecule has 0 atom stereocenters. The summed E-state index contributed by atoms with van der Waals surface area (Å²) in [7, 11) is 3.60. The maximum atomic E-state index is 5.20. The first-order chi connectivity index (χ1) is 11.9. The third kappa shape index (κ3) is 3.82. The Morgan fingerprint density at radius 2 is 1.76 bits per heavy atom. The number of aromatic nitrogens is 5. The molecular formula is C18H21N5OS. The van der Waals surface area contributed by atoms with Crippen LogP contribution in [0.4, 0.5) is 0 Å². The summed E-state index contributed by atoms with van der Waals surface area (Å²) in [4.78, 5) is 9.00. The van der Waals surface area contributed by atoms with E-state index < -0.39 is 0 Å². The lowest BCUT2D eigenvalue weighted by Crippen LogP contribution is -2.15. The van der Waals surface area contributed by atoms with Crippen LogP contribution in [0.1, 0.15) is 26.6 Å². The summed E-state index contributed by atoms with van der Waals surface area (Å²) in [6.07, 6.45) is 1.79. The van der Waals surface area contributed by atoms with Gasteiger partial charge in [-0.15, -0.1) is 10.2 Å². The molecule has 0 spiro atoms. The van der Waals surface area contributed by atoms with Crippen LogP contribution in [0.15, 0.2) is 46.7 Å². The maximum absolute atomic E-state index is 5.20. The highest BCUT2D eigenvalue weighted by molar-refractivity contribution is 7.99. The number of nitrogens with zero attached hydrogens (tertiary/aromatic N) is 5. The zero-order valence-electron chi connectivity index (χ0n) is 15.0. The number of benzene rings is 1. The van der Waals surface area contributed by atoms with Crippen LogP contribution in [0.5, 0.6) is 5.75 Å². The normalized spacial score (nSPS) is 11.6. The summed E-state index contributed by atoms with van der Waals surface area (Å²) < 4.78 is 7.16. The molecule has 0 fully saturated rings. The molecule has 0 aliphatic rings. The molecule has 0 aliphatic heterocycles. The van der Waals surface area contributed by atoms with Crippen LogP contribution in [-0.4, -0.2) is 31.8 Å². The van der Waals surface area contributed by atoms with Crippen molar-refractivity contribution in [2.45, 2.75) is 36.4 Å². The SMILES string of the molecule is COc1ccc(-c2nnc(Sc3ccnc(C(C)(C)C)n3)n2C)cc1. The fraction of sp³-hybridized carbons (Fsp3) is 0.333. The van der Waals surface area contributed by atoms with Gasteiger partial charge in [0, 0.05) is 24.2 Å². The maximum Gasteiger partial charge on any atom is 0.197 e. The molecule has 0 N–H and O–H groups in total. The van der Waals surface area contributed by atoms with Gasteiger partial charge in [-0.25, -0.2) is 9.97 Å². The molecule has 2 heterocycles. The van der Waals surface area contributed by atoms with Gasteiger partial charge in [-0.2, -0.15) is 0 Å². The lowest BCUT2D eigenvalue weighted by atomic mass is 9.96. The summed E-state index contributed by atoms with van der Waals surface area (Å²) in [5.41, 5.74) is 0.894. The highest BCUT2D eigenvalue weighted by atomic mass is 32.2. The van der Waals surface area contributed by atoms with Gasteiger partial charge in [0.05, 0.1) is 7.11 Å². The average molecular weight is 355 g/mol. The number of ether oxygens (including phenoxy) is 1. The molecule has 3 rings (SSSR count). The number of hydrogen-bond donors (Lipinski definition) is 0. The Kier molecular flexibility index (Phi) is 4.76. The molecule has 0 radical (unpaired) electrons. The van der Waals surface area contributed by atoms with E-state index in [0.29, 0.717) is 0 Å². The topological polar surface area (TPSA) is 65.7 Å². The quantitative estimate of drug-likeness (QED) is 0.665. The van der Waals surface area contributed by atoms with Gasteiger partial charge in [-0.3, -0.25) is 0 Å². The zero-order valence-corrected chi connectivity index (χ0v) is 15.8. The molecule has 0 unspecified atom stereocenters. The highest BCUT2D eigenvalue weighted by Crippen LogP contribution is 2.29. The number of hydrogen-bond acceptors (Lipinski definition) is 6. The second kappa shape index (κ2) is 6.84. The van der Waals surface area contributed by atoms with Crippen LogP contribution in [0.3, 0.4) is 0 Å². The van der Waals surface area contributed by atoms with Gasteiger partial charge < -0.3 is 9.30 Å². The molecule has 0 amide bonds. The van der Waals surface area contributed by atoms with E-state index in [2.05, 4.69) is 40.9 Å². The first kappa shape index (κ1) is 17.4. The highest BCUT2D eigenvalue weighted by Gasteiger charge is 2.19. The fourth-order valence-electron chi connectivity index (χ4n) is 2.25. The molecule has 2 aromatic heterocycles. The molecule has 0 aliphatic carbocycles. The van der Waals surface area contributed by atoms with Crippen molar-refractivity contribution in [3.63, 3.8) is 0 Å². The van der Waals surface area contributed by atoms with Crippen molar-refractivity contribution in [1.82, 2.24) is 24.7 Å². The van der Waals surface area contributed by atoms with Crippen molar-refractivity contribution in [2.75, 3.05) is 7.11 Å². The summed E-state index contributed by atoms with van der Waals surface area (Å²) in [6.45, 7) is 6.29. The first-order valence-corrected chi connectivity index (χ1v) is 8.75. The van der Waals surface area contributed by atoms with E-state index in [4.69, 9.17) is 4.74 Å². The van der Waals surface area contributed by atoms with Crippen molar-refractivity contribution in [2.24, 2.45) is 7.05 Å². The largest absolute Gasteiger partial charge is 0.497 e. The molecular weight excluding hydrogens is 334 g/mol. The minimum atomic E-state index is -0.0925. The first-order valence-electron chi connectivity index (χ1n) is 7.93. The molecule has 3 aromatic rings. The van der Waals surface area contributed by atoms with Gasteiger partial charge >= 0.3 is 0 Å². The van der Waals surface area contributed by atoms with E-state index in [0.717, 1.165) is 33.1 Å². The van der Waals surface area contributed by atoms with Crippen molar-refractivity contribution < 1.29 is 4.74 Å². The second-order valence-corrected chi connectivity index (χ2v) is 7.65. The van der Waals surface area contributed by atoms with Crippen molar-refractivity contribution >= 4 is 11.8 Å². The molecule has 0 saturated heterocycles. The Balaban J connectivity index is 1.86. The van der Waals surface area contributed by atoms with Crippen LogP contribution in [0.2, 0.25) is 0 Å². The van der Waals surface area contributed by atoms with Crippen LogP contribution in [0.25, 0.3) is 11.4 Å². The molecule has 0 saturated carbocycles. The van der Waals surface area contributed by atoms with E-state index in [1.165, 1.54) is 11.8 Å². The monoisotopic (exact) mass is 355 g/mol. The average Bonchev–Trinajstić information content (AvgIpc) is 2.95. The number of rotatable bonds is 4. The second-order valence-electron chi connectivity index (χ2n) is 6.66. The van der Waals surface area contributed by atoms with Crippen molar-refractivity contribution in [1.29, 1.82) is 0 Å². The van der Waals surface area contributed by atoms with Crippen LogP contribution in [0, 0.1) is 0 Å². The zero-order chi connectivity index (χ0) is 18.0. The Labute approximate surface area is 151 Å². The summed E-state index contributed by atoms with van der Waals surface area (Å²) in [6, 6.07) is 9.66. The van der Waals surface area contributed by atoms with E-state index in [1.54, 1.807) is 13.3 Å². The Morgan fingerprint density at radius 3 is 2.40 bits per heavy atom. The molecule has 0 bridgehead atoms. The third-order valence-electron chi connectivity index (χ3n) is 3.68. The Bertz CT molecular complexity index is 868. The minimum Gasteiger partial charge on any atom is -0.497 e. The van der Waals surface area contributed by atoms with E-state index >= 15 is 0 Å². The molecule has 6 nitrogen and oxygen atoms in total. The van der Waals surface area contributed by atoms with Gasteiger partial charge in [-0.1, -0.05) is 20.8 Å². The lowest BCUT2D eigenvalue weighted by Gasteiger charge is -2.16. The Hall–Kier alpha value is -2.41. The smallest absolute Gasteiger partial charge is 0.197 e. The molecule has 7 heteroatoms. The van der Waals surface area contributed by atoms with Gasteiger partial charge in [0.25, 0.3) is 0 Å². The summed E-state index contributed by atoms with van der Waals surface area (Å²) >= 11 is 1.48. The van der Waals surface area contributed by atoms with Crippen molar-refractivity contribution in [3.8, 4) is 17.1 Å². The van der Waals surface area contributed by atoms with E-state index in [9.17, 15) is 0 Å². The van der Waals surface area contributed by atoms with Crippen LogP contribution >= 0.6 is 11.8 Å². The lowest BCUT2D eigenvalue weighted by molar-refractivity contribution is 0.415. The Morgan fingerprint density at radius 1 is 1.04 bits per heavy atom. The van der Waals surface area contributed by atoms with E-state index in [-0.39, 0.29) is 5.41 Å². The van der Waals surface area contributed by atoms with Crippen LogP contribution < -0.4 is 4.74 Å². The van der Waals surface area contributed by atoms with Gasteiger partial charge in [-0.05, 0) is 42.1 Å². The molecule has 1 aromatic carbocycles. The van der Waals surface area contributed by atoms with Gasteiger partial charge in [0.2, 0.25) is 0 Å². The fourth-order valence-corrected chi connectivity index (χ4v) is 3.00. The predicted molar refractivity (Wildman–Crippen MR) is 97.8 cm³/mol. The van der Waals surface area contributed by atoms with Crippen molar-refractivity contribution in [3.05, 3.63) is 42.4 Å². The summed E-state index contributed by atoms with van der Waals surface area (Å²) in [5, 5.41) is 10.3. The van der Waals surface area contributed by atoms with Gasteiger partial charge in [0.15, 0.2) is 11.0 Å². The van der Waals surface area contributed by atoms with E-state index in [1.807, 2.05) is 41.9 Å². The molecule has 130 valence electrons. The minimum absolute atomic E-state index is 0.0925. The standard InChI is InChI=1S/C18H21N5OS/c1-18(2,3)16-19-11-10-14(20-16)25-17-22-21-15(23(17)4)12-6-8-13(24-5)9-7-12/h6-11H,1-5H3. The van der Waals surface area contributed by atoms with Gasteiger partial charge in [0.1, 0.15) is 16.6 Å². The predicted octanol–water partition coefficient (Wildman–Crippen LogP) is 3.73. The molecule has 25 heavy (non-hydrogen) atoms. The third-order valence-corrected chi connectivity index (χ3v) is 4.65. The summed E-state index contributed by atoms with van der Waals surface area (Å²) in [5.74, 6) is 2.43.